The van der Waals surface area contributed by atoms with Crippen molar-refractivity contribution in [3.63, 3.8) is 0 Å². The monoisotopic (exact) mass is 330 g/mol. The summed E-state index contributed by atoms with van der Waals surface area (Å²) in [4.78, 5) is 6.69. The zero-order valence-corrected chi connectivity index (χ0v) is 14.6. The van der Waals surface area contributed by atoms with Crippen LogP contribution in [0.1, 0.15) is 38.1 Å². The van der Waals surface area contributed by atoms with Crippen LogP contribution in [0.2, 0.25) is 0 Å². The third kappa shape index (κ3) is 3.16. The molecule has 6 nitrogen and oxygen atoms in total. The van der Waals surface area contributed by atoms with Gasteiger partial charge in [-0.1, -0.05) is 12.1 Å². The molecule has 0 bridgehead atoms. The van der Waals surface area contributed by atoms with E-state index in [-0.39, 0.29) is 6.04 Å². The van der Waals surface area contributed by atoms with Crippen LogP contribution in [0.4, 0.5) is 0 Å². The van der Waals surface area contributed by atoms with Gasteiger partial charge in [0.15, 0.2) is 0 Å². The molecule has 0 spiro atoms. The topological polar surface area (TPSA) is 63.4 Å². The molecule has 1 aliphatic heterocycles. The predicted octanol–water partition coefficient (Wildman–Crippen LogP) is 2.18. The summed E-state index contributed by atoms with van der Waals surface area (Å²) in [5, 5.41) is 15.5. The minimum atomic E-state index is -0.917. The van der Waals surface area contributed by atoms with Crippen LogP contribution in [0, 0.1) is 0 Å². The first-order valence-electron chi connectivity index (χ1n) is 8.54. The van der Waals surface area contributed by atoms with Crippen LogP contribution in [0.3, 0.4) is 0 Å². The maximum Gasteiger partial charge on any atom is 0.141 e. The van der Waals surface area contributed by atoms with Gasteiger partial charge in [0.1, 0.15) is 23.5 Å². The molecule has 1 aromatic carbocycles. The van der Waals surface area contributed by atoms with E-state index in [0.29, 0.717) is 6.54 Å². The van der Waals surface area contributed by atoms with E-state index in [1.54, 1.807) is 13.4 Å². The van der Waals surface area contributed by atoms with Gasteiger partial charge >= 0.3 is 0 Å². The molecule has 2 atom stereocenters. The van der Waals surface area contributed by atoms with Crippen molar-refractivity contribution in [3.05, 3.63) is 42.0 Å². The molecule has 0 radical (unpaired) electrons. The third-order valence-corrected chi connectivity index (χ3v) is 5.03. The summed E-state index contributed by atoms with van der Waals surface area (Å²) in [7, 11) is 1.65. The van der Waals surface area contributed by atoms with Crippen molar-refractivity contribution in [1.82, 2.24) is 19.7 Å². The Morgan fingerprint density at radius 3 is 2.75 bits per heavy atom. The summed E-state index contributed by atoms with van der Waals surface area (Å²) in [6.07, 6.45) is 3.65. The van der Waals surface area contributed by atoms with Crippen molar-refractivity contribution < 1.29 is 9.84 Å². The largest absolute Gasteiger partial charge is 0.497 e. The Labute approximate surface area is 143 Å². The van der Waals surface area contributed by atoms with Crippen molar-refractivity contribution in [1.29, 1.82) is 0 Å². The normalized spacial score (nSPS) is 20.9. The second-order valence-corrected chi connectivity index (χ2v) is 6.50. The Morgan fingerprint density at radius 1 is 1.33 bits per heavy atom. The Balaban J connectivity index is 1.80. The molecule has 0 aliphatic carbocycles. The van der Waals surface area contributed by atoms with Crippen molar-refractivity contribution in [2.24, 2.45) is 0 Å². The fraction of sp³-hybridized carbons (Fsp3) is 0.556. The van der Waals surface area contributed by atoms with Crippen LogP contribution in [0.5, 0.6) is 5.75 Å². The van der Waals surface area contributed by atoms with Crippen LogP contribution >= 0.6 is 0 Å². The molecule has 3 rings (SSSR count). The molecular formula is C18H26N4O2. The van der Waals surface area contributed by atoms with Gasteiger partial charge in [0.25, 0.3) is 0 Å². The Kier molecular flexibility index (Phi) is 4.87. The molecule has 24 heavy (non-hydrogen) atoms. The molecule has 2 aromatic rings. The van der Waals surface area contributed by atoms with Crippen LogP contribution < -0.4 is 4.74 Å². The number of methoxy groups -OCH3 is 1. The van der Waals surface area contributed by atoms with Crippen molar-refractivity contribution in [3.8, 4) is 5.75 Å². The number of nitrogens with zero attached hydrogens (tertiary/aromatic N) is 4. The van der Waals surface area contributed by atoms with E-state index in [9.17, 15) is 5.11 Å². The number of rotatable bonds is 6. The second-order valence-electron chi connectivity index (χ2n) is 6.50. The highest BCUT2D eigenvalue weighted by molar-refractivity contribution is 5.31. The molecule has 6 heteroatoms. The first-order valence-corrected chi connectivity index (χ1v) is 8.54. The number of aromatic nitrogens is 3. The van der Waals surface area contributed by atoms with Crippen LogP contribution in [-0.4, -0.2) is 44.5 Å². The lowest BCUT2D eigenvalue weighted by Gasteiger charge is -2.36. The highest BCUT2D eigenvalue weighted by Crippen LogP contribution is 2.35. The lowest BCUT2D eigenvalue weighted by Crippen LogP contribution is -2.45. The molecule has 1 fully saturated rings. The highest BCUT2D eigenvalue weighted by Gasteiger charge is 2.40. The van der Waals surface area contributed by atoms with Gasteiger partial charge in [-0.05, 0) is 50.9 Å². The van der Waals surface area contributed by atoms with Crippen molar-refractivity contribution in [2.75, 3.05) is 13.7 Å². The van der Waals surface area contributed by atoms with Crippen LogP contribution in [0.25, 0.3) is 0 Å². The highest BCUT2D eigenvalue weighted by atomic mass is 16.5. The molecule has 1 aliphatic rings. The second kappa shape index (κ2) is 6.91. The van der Waals surface area contributed by atoms with Gasteiger partial charge < -0.3 is 9.84 Å². The average molecular weight is 330 g/mol. The van der Waals surface area contributed by atoms with Crippen molar-refractivity contribution in [2.45, 2.75) is 51.4 Å². The van der Waals surface area contributed by atoms with Gasteiger partial charge in [-0.2, -0.15) is 5.10 Å². The number of aliphatic hydroxyl groups is 1. The minimum absolute atomic E-state index is 0.0629. The quantitative estimate of drug-likeness (QED) is 0.879. The van der Waals surface area contributed by atoms with E-state index in [2.05, 4.69) is 21.9 Å². The van der Waals surface area contributed by atoms with E-state index >= 15 is 0 Å². The number of aryl methyl sites for hydroxylation is 1. The lowest BCUT2D eigenvalue weighted by molar-refractivity contribution is -0.0264. The lowest BCUT2D eigenvalue weighted by atomic mass is 9.86. The summed E-state index contributed by atoms with van der Waals surface area (Å²) < 4.78 is 7.13. The minimum Gasteiger partial charge on any atom is -0.497 e. The summed E-state index contributed by atoms with van der Waals surface area (Å²) >= 11 is 0. The van der Waals surface area contributed by atoms with E-state index in [1.165, 1.54) is 0 Å². The molecule has 0 unspecified atom stereocenters. The van der Waals surface area contributed by atoms with E-state index < -0.39 is 5.60 Å². The Hall–Kier alpha value is -1.92. The number of hydrogen-bond donors (Lipinski definition) is 1. The smallest absolute Gasteiger partial charge is 0.141 e. The fourth-order valence-corrected chi connectivity index (χ4v) is 3.63. The first-order chi connectivity index (χ1) is 11.6. The summed E-state index contributed by atoms with van der Waals surface area (Å²) in [6, 6.07) is 7.76. The van der Waals surface area contributed by atoms with Gasteiger partial charge in [0.2, 0.25) is 0 Å². The van der Waals surface area contributed by atoms with Gasteiger partial charge in [-0.3, -0.25) is 4.90 Å². The van der Waals surface area contributed by atoms with Crippen LogP contribution in [-0.2, 0) is 18.7 Å². The van der Waals surface area contributed by atoms with E-state index in [0.717, 1.165) is 43.1 Å². The first kappa shape index (κ1) is 16.9. The number of benzene rings is 1. The molecule has 1 saturated heterocycles. The number of likely N-dealkylation sites (tertiary alicyclic amines) is 1. The van der Waals surface area contributed by atoms with Crippen molar-refractivity contribution >= 4 is 0 Å². The maximum absolute atomic E-state index is 11.2. The third-order valence-electron chi connectivity index (χ3n) is 5.03. The Bertz CT molecular complexity index is 666. The molecule has 0 amide bonds. The van der Waals surface area contributed by atoms with E-state index in [4.69, 9.17) is 4.74 Å². The molecule has 2 heterocycles. The summed E-state index contributed by atoms with van der Waals surface area (Å²) in [5.74, 6) is 1.75. The molecule has 1 aromatic heterocycles. The SMILES string of the molecule is CCn1ncnc1CN1CCC[C@@H]1[C@@](C)(O)c1ccc(OC)cc1. The van der Waals surface area contributed by atoms with Gasteiger partial charge in [0, 0.05) is 12.6 Å². The number of hydrogen-bond acceptors (Lipinski definition) is 5. The summed E-state index contributed by atoms with van der Waals surface area (Å²) in [5.41, 5.74) is -0.00279. The van der Waals surface area contributed by atoms with Gasteiger partial charge in [0.05, 0.1) is 13.7 Å². The maximum atomic E-state index is 11.2. The standard InChI is InChI=1S/C18H26N4O2/c1-4-22-17(19-13-20-22)12-21-11-5-6-16(21)18(2,23)14-7-9-15(24-3)10-8-14/h7-10,13,16,23H,4-6,11-12H2,1-3H3/t16-,18+/m1/s1. The van der Waals surface area contributed by atoms with Gasteiger partial charge in [-0.15, -0.1) is 0 Å². The predicted molar refractivity (Wildman–Crippen MR) is 91.7 cm³/mol. The fourth-order valence-electron chi connectivity index (χ4n) is 3.63. The van der Waals surface area contributed by atoms with Crippen LogP contribution in [0.15, 0.2) is 30.6 Å². The Morgan fingerprint density at radius 2 is 2.08 bits per heavy atom. The zero-order valence-electron chi connectivity index (χ0n) is 14.6. The van der Waals surface area contributed by atoms with E-state index in [1.807, 2.05) is 35.9 Å². The average Bonchev–Trinajstić information content (AvgIpc) is 3.24. The molecular weight excluding hydrogens is 304 g/mol. The summed E-state index contributed by atoms with van der Waals surface area (Å²) in [6.45, 7) is 6.45. The molecule has 1 N–H and O–H groups in total. The van der Waals surface area contributed by atoms with Gasteiger partial charge in [-0.25, -0.2) is 9.67 Å². The number of ether oxygens (including phenoxy) is 1. The molecule has 130 valence electrons. The zero-order chi connectivity index (χ0) is 17.2. The molecule has 0 saturated carbocycles.